The summed E-state index contributed by atoms with van der Waals surface area (Å²) in [5.74, 6) is -0.865. The van der Waals surface area contributed by atoms with Gasteiger partial charge < -0.3 is 9.84 Å². The minimum Gasteiger partial charge on any atom is -0.478 e. The van der Waals surface area contributed by atoms with E-state index >= 15 is 0 Å². The zero-order chi connectivity index (χ0) is 12.8. The van der Waals surface area contributed by atoms with E-state index in [1.165, 1.54) is 12.8 Å². The molecule has 0 aromatic heterocycles. The number of ether oxygens (including phenoxy) is 1. The fourth-order valence-corrected chi connectivity index (χ4v) is 3.61. The van der Waals surface area contributed by atoms with Crippen LogP contribution < -0.4 is 0 Å². The highest BCUT2D eigenvalue weighted by atomic mass is 127. The number of carbonyl (C=O) groups is 1. The van der Waals surface area contributed by atoms with Crippen molar-refractivity contribution in [3.63, 3.8) is 0 Å². The van der Waals surface area contributed by atoms with Crippen LogP contribution in [0, 0.1) is 10.7 Å². The number of carboxylic acids is 1. The van der Waals surface area contributed by atoms with E-state index in [1.807, 2.05) is 28.7 Å². The van der Waals surface area contributed by atoms with Crippen molar-refractivity contribution in [2.75, 3.05) is 13.2 Å². The van der Waals surface area contributed by atoms with Crippen LogP contribution in [0.5, 0.6) is 0 Å². The highest BCUT2D eigenvalue weighted by Gasteiger charge is 2.11. The molecule has 0 spiro atoms. The molecule has 0 radical (unpaired) electrons. The van der Waals surface area contributed by atoms with Gasteiger partial charge in [0.25, 0.3) is 0 Å². The average Bonchev–Trinajstić information content (AvgIpc) is 2.81. The molecule has 0 aliphatic carbocycles. The first-order valence-corrected chi connectivity index (χ1v) is 8.21. The SMILES string of the molecule is C1CCOC1.O=C(O)c1cc(I)cc(I)c1I. The maximum Gasteiger partial charge on any atom is 0.336 e. The first-order chi connectivity index (χ1) is 8.02. The highest BCUT2D eigenvalue weighted by Crippen LogP contribution is 2.22. The summed E-state index contributed by atoms with van der Waals surface area (Å²) in [7, 11) is 0. The molecule has 0 saturated carbocycles. The molecule has 6 heteroatoms. The van der Waals surface area contributed by atoms with Gasteiger partial charge in [-0.3, -0.25) is 0 Å². The van der Waals surface area contributed by atoms with Crippen LogP contribution in [0.3, 0.4) is 0 Å². The zero-order valence-electron chi connectivity index (χ0n) is 8.88. The molecule has 2 rings (SSSR count). The van der Waals surface area contributed by atoms with Gasteiger partial charge in [0.2, 0.25) is 0 Å². The third kappa shape index (κ3) is 5.55. The molecule has 17 heavy (non-hydrogen) atoms. The predicted molar refractivity (Wildman–Crippen MR) is 91.6 cm³/mol. The molecule has 1 fully saturated rings. The van der Waals surface area contributed by atoms with Crippen LogP contribution in [0.1, 0.15) is 23.2 Å². The molecule has 3 nitrogen and oxygen atoms in total. The zero-order valence-corrected chi connectivity index (χ0v) is 15.4. The molecule has 1 aromatic carbocycles. The maximum atomic E-state index is 10.7. The van der Waals surface area contributed by atoms with Crippen LogP contribution in [-0.2, 0) is 4.74 Å². The van der Waals surface area contributed by atoms with Gasteiger partial charge in [-0.05, 0) is 92.7 Å². The Kier molecular flexibility index (Phi) is 7.57. The lowest BCUT2D eigenvalue weighted by Gasteiger charge is -2.02. The number of rotatable bonds is 1. The fraction of sp³-hybridized carbons (Fsp3) is 0.364. The van der Waals surface area contributed by atoms with Gasteiger partial charge in [-0.15, -0.1) is 0 Å². The fourth-order valence-electron chi connectivity index (χ4n) is 1.22. The van der Waals surface area contributed by atoms with Crippen molar-refractivity contribution in [1.29, 1.82) is 0 Å². The Bertz CT molecular complexity index is 396. The standard InChI is InChI=1S/C7H3I3O2.C4H8O/c8-3-1-4(7(11)12)6(10)5(9)2-3;1-2-4-5-3-1/h1-2H,(H,11,12);1-4H2. The van der Waals surface area contributed by atoms with E-state index in [9.17, 15) is 4.79 Å². The lowest BCUT2D eigenvalue weighted by Crippen LogP contribution is -2.01. The molecule has 1 heterocycles. The number of aromatic carboxylic acids is 1. The molecule has 0 bridgehead atoms. The lowest BCUT2D eigenvalue weighted by atomic mass is 10.2. The van der Waals surface area contributed by atoms with Gasteiger partial charge in [-0.1, -0.05) is 0 Å². The summed E-state index contributed by atoms with van der Waals surface area (Å²) in [6.07, 6.45) is 2.56. The molecule has 0 atom stereocenters. The second-order valence-corrected chi connectivity index (χ2v) is 6.86. The lowest BCUT2D eigenvalue weighted by molar-refractivity contribution is 0.0695. The average molecular weight is 572 g/mol. The van der Waals surface area contributed by atoms with E-state index in [2.05, 4.69) is 45.2 Å². The normalized spacial score (nSPS) is 14.1. The molecule has 94 valence electrons. The van der Waals surface area contributed by atoms with Crippen molar-refractivity contribution in [2.24, 2.45) is 0 Å². The van der Waals surface area contributed by atoms with Gasteiger partial charge in [-0.25, -0.2) is 4.79 Å². The second-order valence-electron chi connectivity index (χ2n) is 3.37. The number of hydrogen-bond acceptors (Lipinski definition) is 2. The summed E-state index contributed by atoms with van der Waals surface area (Å²) in [6, 6.07) is 3.63. The smallest absolute Gasteiger partial charge is 0.336 e. The van der Waals surface area contributed by atoms with Crippen molar-refractivity contribution in [1.82, 2.24) is 0 Å². The van der Waals surface area contributed by atoms with E-state index in [-0.39, 0.29) is 0 Å². The summed E-state index contributed by atoms with van der Waals surface area (Å²) in [5.41, 5.74) is 0.381. The third-order valence-corrected chi connectivity index (χ3v) is 5.72. The van der Waals surface area contributed by atoms with E-state index in [0.717, 1.165) is 23.9 Å². The van der Waals surface area contributed by atoms with Gasteiger partial charge in [-0.2, -0.15) is 0 Å². The van der Waals surface area contributed by atoms with E-state index in [1.54, 1.807) is 6.07 Å². The maximum absolute atomic E-state index is 10.7. The van der Waals surface area contributed by atoms with Crippen LogP contribution in [0.2, 0.25) is 0 Å². The van der Waals surface area contributed by atoms with Crippen LogP contribution in [0.25, 0.3) is 0 Å². The van der Waals surface area contributed by atoms with E-state index in [4.69, 9.17) is 9.84 Å². The Balaban J connectivity index is 0.000000239. The Hall–Kier alpha value is 0.840. The van der Waals surface area contributed by atoms with E-state index < -0.39 is 5.97 Å². The van der Waals surface area contributed by atoms with Crippen molar-refractivity contribution in [3.8, 4) is 0 Å². The quantitative estimate of drug-likeness (QED) is 0.410. The Morgan fingerprint density at radius 3 is 2.18 bits per heavy atom. The number of carboxylic acid groups (broad SMARTS) is 1. The summed E-state index contributed by atoms with van der Waals surface area (Å²) in [6.45, 7) is 2.00. The minimum atomic E-state index is -0.865. The molecule has 1 aliphatic heterocycles. The molecule has 1 aromatic rings. The van der Waals surface area contributed by atoms with Gasteiger partial charge in [0.05, 0.1) is 5.56 Å². The van der Waals surface area contributed by atoms with Crippen molar-refractivity contribution in [3.05, 3.63) is 28.4 Å². The molecular weight excluding hydrogens is 561 g/mol. The van der Waals surface area contributed by atoms with Crippen molar-refractivity contribution >= 4 is 73.7 Å². The van der Waals surface area contributed by atoms with Crippen LogP contribution in [-0.4, -0.2) is 24.3 Å². The molecule has 1 saturated heterocycles. The minimum absolute atomic E-state index is 0.381. The Morgan fingerprint density at radius 1 is 1.18 bits per heavy atom. The topological polar surface area (TPSA) is 46.5 Å². The number of halogens is 3. The highest BCUT2D eigenvalue weighted by molar-refractivity contribution is 14.1. The second kappa shape index (κ2) is 8.10. The number of hydrogen-bond donors (Lipinski definition) is 1. The van der Waals surface area contributed by atoms with Crippen LogP contribution >= 0.6 is 67.8 Å². The first kappa shape index (κ1) is 15.9. The van der Waals surface area contributed by atoms with Crippen LogP contribution in [0.15, 0.2) is 12.1 Å². The Labute approximate surface area is 141 Å². The van der Waals surface area contributed by atoms with Gasteiger partial charge in [0, 0.05) is 23.9 Å². The van der Waals surface area contributed by atoms with Crippen LogP contribution in [0.4, 0.5) is 0 Å². The summed E-state index contributed by atoms with van der Waals surface area (Å²) < 4.78 is 7.69. The first-order valence-electron chi connectivity index (χ1n) is 4.98. The summed E-state index contributed by atoms with van der Waals surface area (Å²) in [5, 5.41) is 8.80. The Morgan fingerprint density at radius 2 is 1.76 bits per heavy atom. The van der Waals surface area contributed by atoms with E-state index in [0.29, 0.717) is 5.56 Å². The monoisotopic (exact) mass is 572 g/mol. The van der Waals surface area contributed by atoms with Gasteiger partial charge in [0.1, 0.15) is 0 Å². The third-order valence-electron chi connectivity index (χ3n) is 2.05. The van der Waals surface area contributed by atoms with Gasteiger partial charge in [0.15, 0.2) is 0 Å². The molecule has 1 N–H and O–H groups in total. The van der Waals surface area contributed by atoms with Crippen molar-refractivity contribution in [2.45, 2.75) is 12.8 Å². The number of benzene rings is 1. The van der Waals surface area contributed by atoms with Crippen molar-refractivity contribution < 1.29 is 14.6 Å². The molecule has 0 amide bonds. The summed E-state index contributed by atoms with van der Waals surface area (Å²) >= 11 is 6.29. The predicted octanol–water partition coefficient (Wildman–Crippen LogP) is 4.00. The molecule has 0 unspecified atom stereocenters. The molecule has 1 aliphatic rings. The summed E-state index contributed by atoms with van der Waals surface area (Å²) in [4.78, 5) is 10.7. The molecular formula is C11H11I3O3. The largest absolute Gasteiger partial charge is 0.478 e. The van der Waals surface area contributed by atoms with Gasteiger partial charge >= 0.3 is 5.97 Å².